The molecule has 0 heterocycles. The van der Waals surface area contributed by atoms with Crippen LogP contribution in [-0.4, -0.2) is 37.2 Å². The lowest BCUT2D eigenvalue weighted by molar-refractivity contribution is -0.167. The predicted octanol–water partition coefficient (Wildman–Crippen LogP) is 15.8. The first-order chi connectivity index (χ1) is 27.2. The summed E-state index contributed by atoms with van der Waals surface area (Å²) >= 11 is 0. The lowest BCUT2D eigenvalue weighted by Gasteiger charge is -2.18. The number of carbonyl (C=O) groups excluding carboxylic acids is 3. The van der Waals surface area contributed by atoms with Gasteiger partial charge in [0.1, 0.15) is 13.2 Å². The Morgan fingerprint density at radius 1 is 0.339 bits per heavy atom. The highest BCUT2D eigenvalue weighted by Gasteiger charge is 2.19. The van der Waals surface area contributed by atoms with E-state index in [0.717, 1.165) is 69.6 Å². The molecule has 0 aliphatic rings. The SMILES string of the molecule is CCCCCCCCCCCCCCCCC(=O)OC[C@@H](COC(=O)CCCCCCCCCC(C)C)OC(=O)CCCCCCCCCCCCCC(C)C. The summed E-state index contributed by atoms with van der Waals surface area (Å²) in [7, 11) is 0. The van der Waals surface area contributed by atoms with Gasteiger partial charge in [0, 0.05) is 19.3 Å². The van der Waals surface area contributed by atoms with E-state index < -0.39 is 6.10 Å². The minimum Gasteiger partial charge on any atom is -0.462 e. The van der Waals surface area contributed by atoms with Crippen molar-refractivity contribution in [2.24, 2.45) is 11.8 Å². The number of carbonyl (C=O) groups is 3. The van der Waals surface area contributed by atoms with Crippen LogP contribution in [0.2, 0.25) is 0 Å². The molecule has 1 atom stereocenters. The second-order valence-corrected chi connectivity index (χ2v) is 18.1. The molecule has 0 aliphatic heterocycles. The van der Waals surface area contributed by atoms with E-state index in [9.17, 15) is 14.4 Å². The van der Waals surface area contributed by atoms with E-state index >= 15 is 0 Å². The summed E-state index contributed by atoms with van der Waals surface area (Å²) in [6, 6.07) is 0. The summed E-state index contributed by atoms with van der Waals surface area (Å²) in [6.07, 6.45) is 42.4. The molecule has 332 valence electrons. The number of hydrogen-bond acceptors (Lipinski definition) is 6. The Morgan fingerprint density at radius 3 is 0.875 bits per heavy atom. The average molecular weight is 793 g/mol. The normalized spacial score (nSPS) is 12.1. The van der Waals surface area contributed by atoms with Gasteiger partial charge in [-0.1, -0.05) is 234 Å². The minimum absolute atomic E-state index is 0.0645. The van der Waals surface area contributed by atoms with E-state index in [1.165, 1.54) is 161 Å². The monoisotopic (exact) mass is 793 g/mol. The molecule has 0 N–H and O–H groups in total. The molecule has 0 aliphatic carbocycles. The van der Waals surface area contributed by atoms with Crippen molar-refractivity contribution in [3.05, 3.63) is 0 Å². The summed E-state index contributed by atoms with van der Waals surface area (Å²) in [5.41, 5.74) is 0. The molecule has 6 nitrogen and oxygen atoms in total. The van der Waals surface area contributed by atoms with Gasteiger partial charge in [0.2, 0.25) is 0 Å². The largest absolute Gasteiger partial charge is 0.462 e. The van der Waals surface area contributed by atoms with Gasteiger partial charge < -0.3 is 14.2 Å². The zero-order chi connectivity index (χ0) is 41.2. The highest BCUT2D eigenvalue weighted by Crippen LogP contribution is 2.17. The van der Waals surface area contributed by atoms with Gasteiger partial charge in [-0.3, -0.25) is 14.4 Å². The van der Waals surface area contributed by atoms with E-state index in [1.807, 2.05) is 0 Å². The standard InChI is InChI=1S/C50H96O6/c1-6-7-8-9-10-11-12-13-14-17-20-25-30-35-40-48(51)54-43-47(44-55-49(52)41-36-31-27-22-24-29-34-39-46(4)5)56-50(53)42-37-32-26-21-18-15-16-19-23-28-33-38-45(2)3/h45-47H,6-44H2,1-5H3/t47-/m0/s1. The molecule has 0 amide bonds. The summed E-state index contributed by atoms with van der Waals surface area (Å²) in [4.78, 5) is 37.8. The van der Waals surface area contributed by atoms with Crippen molar-refractivity contribution < 1.29 is 28.6 Å². The number of hydrogen-bond donors (Lipinski definition) is 0. The lowest BCUT2D eigenvalue weighted by Crippen LogP contribution is -2.30. The molecule has 6 heteroatoms. The third kappa shape index (κ3) is 43.5. The topological polar surface area (TPSA) is 78.9 Å². The maximum absolute atomic E-state index is 12.7. The molecule has 0 aromatic heterocycles. The van der Waals surface area contributed by atoms with E-state index in [2.05, 4.69) is 34.6 Å². The van der Waals surface area contributed by atoms with E-state index in [0.29, 0.717) is 19.3 Å². The third-order valence-electron chi connectivity index (χ3n) is 11.2. The Balaban J connectivity index is 4.31. The number of ether oxygens (including phenoxy) is 3. The summed E-state index contributed by atoms with van der Waals surface area (Å²) in [5, 5.41) is 0. The molecule has 0 fully saturated rings. The summed E-state index contributed by atoms with van der Waals surface area (Å²) in [5.74, 6) is 0.752. The van der Waals surface area contributed by atoms with E-state index in [4.69, 9.17) is 14.2 Å². The maximum atomic E-state index is 12.7. The van der Waals surface area contributed by atoms with E-state index in [-0.39, 0.29) is 31.1 Å². The number of rotatable bonds is 44. The third-order valence-corrected chi connectivity index (χ3v) is 11.2. The van der Waals surface area contributed by atoms with Crippen LogP contribution in [0.25, 0.3) is 0 Å². The summed E-state index contributed by atoms with van der Waals surface area (Å²) in [6.45, 7) is 11.3. The zero-order valence-electron chi connectivity index (χ0n) is 38.3. The fourth-order valence-corrected chi connectivity index (χ4v) is 7.46. The highest BCUT2D eigenvalue weighted by atomic mass is 16.6. The van der Waals surface area contributed by atoms with Crippen LogP contribution in [0.15, 0.2) is 0 Å². The molecule has 0 saturated heterocycles. The van der Waals surface area contributed by atoms with E-state index in [1.54, 1.807) is 0 Å². The van der Waals surface area contributed by atoms with Crippen LogP contribution in [0.1, 0.15) is 272 Å². The first-order valence-corrected chi connectivity index (χ1v) is 24.7. The van der Waals surface area contributed by atoms with Crippen molar-refractivity contribution in [2.45, 2.75) is 278 Å². The van der Waals surface area contributed by atoms with Crippen LogP contribution >= 0.6 is 0 Å². The lowest BCUT2D eigenvalue weighted by atomic mass is 10.0. The average Bonchev–Trinajstić information content (AvgIpc) is 3.16. The van der Waals surface area contributed by atoms with Crippen LogP contribution in [-0.2, 0) is 28.6 Å². The molecule has 0 radical (unpaired) electrons. The molecule has 0 rings (SSSR count). The maximum Gasteiger partial charge on any atom is 0.306 e. The molecule has 0 saturated carbocycles. The number of esters is 3. The molecular formula is C50H96O6. The molecule has 0 bridgehead atoms. The van der Waals surface area contributed by atoms with Crippen molar-refractivity contribution in [2.75, 3.05) is 13.2 Å². The van der Waals surface area contributed by atoms with Gasteiger partial charge in [0.15, 0.2) is 6.10 Å². The fourth-order valence-electron chi connectivity index (χ4n) is 7.46. The van der Waals surface area contributed by atoms with Gasteiger partial charge in [-0.15, -0.1) is 0 Å². The first-order valence-electron chi connectivity index (χ1n) is 24.7. The Morgan fingerprint density at radius 2 is 0.589 bits per heavy atom. The zero-order valence-corrected chi connectivity index (χ0v) is 38.3. The predicted molar refractivity (Wildman–Crippen MR) is 238 cm³/mol. The number of unbranched alkanes of at least 4 members (excludes halogenated alkanes) is 29. The van der Waals surface area contributed by atoms with Gasteiger partial charge in [-0.25, -0.2) is 0 Å². The smallest absolute Gasteiger partial charge is 0.306 e. The van der Waals surface area contributed by atoms with Crippen LogP contribution in [0.5, 0.6) is 0 Å². The molecule has 56 heavy (non-hydrogen) atoms. The van der Waals surface area contributed by atoms with Crippen molar-refractivity contribution in [1.82, 2.24) is 0 Å². The molecular weight excluding hydrogens is 697 g/mol. The van der Waals surface area contributed by atoms with Crippen molar-refractivity contribution in [1.29, 1.82) is 0 Å². The van der Waals surface area contributed by atoms with Crippen LogP contribution in [0, 0.1) is 11.8 Å². The van der Waals surface area contributed by atoms with Gasteiger partial charge in [-0.05, 0) is 31.1 Å². The molecule has 0 unspecified atom stereocenters. The van der Waals surface area contributed by atoms with Crippen molar-refractivity contribution >= 4 is 17.9 Å². The van der Waals surface area contributed by atoms with Crippen LogP contribution < -0.4 is 0 Å². The Bertz CT molecular complexity index is 854. The van der Waals surface area contributed by atoms with Gasteiger partial charge in [0.05, 0.1) is 0 Å². The van der Waals surface area contributed by atoms with Crippen LogP contribution in [0.4, 0.5) is 0 Å². The van der Waals surface area contributed by atoms with Gasteiger partial charge in [0.25, 0.3) is 0 Å². The summed E-state index contributed by atoms with van der Waals surface area (Å²) < 4.78 is 16.8. The Hall–Kier alpha value is -1.59. The molecule has 0 aromatic rings. The Labute approximate surface area is 348 Å². The molecule has 0 spiro atoms. The highest BCUT2D eigenvalue weighted by molar-refractivity contribution is 5.71. The molecule has 0 aromatic carbocycles. The van der Waals surface area contributed by atoms with Crippen LogP contribution in [0.3, 0.4) is 0 Å². The van der Waals surface area contributed by atoms with Gasteiger partial charge >= 0.3 is 17.9 Å². The Kier molecular flexibility index (Phi) is 41.8. The minimum atomic E-state index is -0.761. The first kappa shape index (κ1) is 54.4. The second kappa shape index (κ2) is 43.0. The van der Waals surface area contributed by atoms with Gasteiger partial charge in [-0.2, -0.15) is 0 Å². The second-order valence-electron chi connectivity index (χ2n) is 18.1. The van der Waals surface area contributed by atoms with Crippen molar-refractivity contribution in [3.8, 4) is 0 Å². The fraction of sp³-hybridized carbons (Fsp3) is 0.940. The van der Waals surface area contributed by atoms with Crippen molar-refractivity contribution in [3.63, 3.8) is 0 Å². The quantitative estimate of drug-likeness (QED) is 0.0347.